The van der Waals surface area contributed by atoms with Crippen molar-refractivity contribution < 1.29 is 34.8 Å². The zero-order valence-electron chi connectivity index (χ0n) is 20.6. The molecule has 200 valence electrons. The summed E-state index contributed by atoms with van der Waals surface area (Å²) in [4.78, 5) is 33.1. The summed E-state index contributed by atoms with van der Waals surface area (Å²) in [5.74, 6) is -2.42. The molecule has 0 heterocycles. The maximum atomic E-state index is 11.9. The van der Waals surface area contributed by atoms with Gasteiger partial charge in [0.1, 0.15) is 6.54 Å². The molecule has 0 saturated heterocycles. The highest BCUT2D eigenvalue weighted by Gasteiger charge is 2.21. The molecule has 0 aliphatic heterocycles. The molecule has 0 fully saturated rings. The average Bonchev–Trinajstić information content (AvgIpc) is 2.81. The standard InChI is InChI=1S/C25H42N2O7S/c1-2-3-4-5-6-10-13-21(29)22(35-18-20(26)25(34)27-17-24(32)33)16-15-19(28)12-9-7-8-11-14-23(30)31/h6-7,9-10,15-16,19-22,28-29H,2-5,8,11-14,17-18,26H2,1H3,(H,27,34)(H,30,31)(H,32,33)/b9-7+,10-6+,16-15+/t19?,20-,21?,22?/m0/s1. The van der Waals surface area contributed by atoms with Crippen LogP contribution in [-0.2, 0) is 14.4 Å². The van der Waals surface area contributed by atoms with Crippen molar-refractivity contribution in [1.82, 2.24) is 5.32 Å². The smallest absolute Gasteiger partial charge is 0.322 e. The minimum atomic E-state index is -1.16. The minimum Gasteiger partial charge on any atom is -0.481 e. The van der Waals surface area contributed by atoms with Crippen molar-refractivity contribution in [2.45, 2.75) is 88.2 Å². The van der Waals surface area contributed by atoms with E-state index in [9.17, 15) is 24.6 Å². The third-order valence-corrected chi connectivity index (χ3v) is 6.35. The number of carboxylic acid groups (broad SMARTS) is 2. The maximum absolute atomic E-state index is 11.9. The Hall–Kier alpha value is -2.14. The van der Waals surface area contributed by atoms with E-state index < -0.39 is 47.9 Å². The van der Waals surface area contributed by atoms with E-state index in [1.54, 1.807) is 18.2 Å². The van der Waals surface area contributed by atoms with Gasteiger partial charge in [-0.2, -0.15) is 0 Å². The Labute approximate surface area is 212 Å². The van der Waals surface area contributed by atoms with E-state index in [0.29, 0.717) is 25.7 Å². The van der Waals surface area contributed by atoms with Crippen molar-refractivity contribution in [1.29, 1.82) is 0 Å². The third kappa shape index (κ3) is 19.8. The number of amides is 1. The predicted molar refractivity (Wildman–Crippen MR) is 139 cm³/mol. The molecule has 9 nitrogen and oxygen atoms in total. The van der Waals surface area contributed by atoms with E-state index in [0.717, 1.165) is 25.7 Å². The highest BCUT2D eigenvalue weighted by molar-refractivity contribution is 8.00. The molecule has 0 radical (unpaired) electrons. The van der Waals surface area contributed by atoms with Crippen molar-refractivity contribution in [2.24, 2.45) is 5.73 Å². The third-order valence-electron chi connectivity index (χ3n) is 4.95. The van der Waals surface area contributed by atoms with Crippen LogP contribution in [0.15, 0.2) is 36.5 Å². The number of allylic oxidation sites excluding steroid dienone is 2. The molecule has 0 aromatic rings. The first-order valence-corrected chi connectivity index (χ1v) is 13.1. The average molecular weight is 515 g/mol. The lowest BCUT2D eigenvalue weighted by Crippen LogP contribution is -2.44. The molecule has 1 amide bonds. The zero-order chi connectivity index (χ0) is 26.5. The number of carbonyl (C=O) groups is 3. The molecule has 0 rings (SSSR count). The SMILES string of the molecule is CCCCC/C=C/CC(O)C(/C=C/C(O)C/C=C/CCCC(=O)O)SC[C@H](N)C(=O)NCC(=O)O. The highest BCUT2D eigenvalue weighted by atomic mass is 32.2. The Bertz CT molecular complexity index is 697. The molecule has 35 heavy (non-hydrogen) atoms. The number of aliphatic carboxylic acids is 2. The van der Waals surface area contributed by atoms with Gasteiger partial charge in [-0.3, -0.25) is 14.4 Å². The second-order valence-corrected chi connectivity index (χ2v) is 9.44. The molecule has 0 aliphatic carbocycles. The van der Waals surface area contributed by atoms with Crippen LogP contribution in [0.25, 0.3) is 0 Å². The summed E-state index contributed by atoms with van der Waals surface area (Å²) in [5.41, 5.74) is 5.86. The summed E-state index contributed by atoms with van der Waals surface area (Å²) in [7, 11) is 0. The second-order valence-electron chi connectivity index (χ2n) is 8.23. The van der Waals surface area contributed by atoms with Crippen LogP contribution in [-0.4, -0.2) is 74.1 Å². The van der Waals surface area contributed by atoms with Crippen LogP contribution in [0.4, 0.5) is 0 Å². The number of nitrogens with one attached hydrogen (secondary N) is 1. The number of carboxylic acids is 2. The molecule has 3 unspecified atom stereocenters. The van der Waals surface area contributed by atoms with Gasteiger partial charge in [-0.25, -0.2) is 0 Å². The van der Waals surface area contributed by atoms with Gasteiger partial charge in [0.05, 0.1) is 18.2 Å². The van der Waals surface area contributed by atoms with Gasteiger partial charge in [0.15, 0.2) is 0 Å². The van der Waals surface area contributed by atoms with E-state index >= 15 is 0 Å². The fourth-order valence-electron chi connectivity index (χ4n) is 2.92. The van der Waals surface area contributed by atoms with Gasteiger partial charge in [0.2, 0.25) is 5.91 Å². The monoisotopic (exact) mass is 514 g/mol. The number of aliphatic hydroxyl groups excluding tert-OH is 2. The maximum Gasteiger partial charge on any atom is 0.322 e. The Morgan fingerprint density at radius 1 is 0.914 bits per heavy atom. The second kappa shape index (κ2) is 21.2. The number of hydrogen-bond donors (Lipinski definition) is 6. The number of hydrogen-bond acceptors (Lipinski definition) is 7. The van der Waals surface area contributed by atoms with Crippen molar-refractivity contribution in [3.05, 3.63) is 36.5 Å². The first kappa shape index (κ1) is 32.9. The van der Waals surface area contributed by atoms with Gasteiger partial charge in [-0.05, 0) is 38.5 Å². The molecule has 10 heteroatoms. The fraction of sp³-hybridized carbons (Fsp3) is 0.640. The van der Waals surface area contributed by atoms with E-state index in [1.807, 2.05) is 18.2 Å². The van der Waals surface area contributed by atoms with Crippen molar-refractivity contribution in [3.63, 3.8) is 0 Å². The number of aliphatic hydroxyl groups is 2. The normalized spacial score (nSPS) is 15.4. The lowest BCUT2D eigenvalue weighted by molar-refractivity contribution is -0.138. The van der Waals surface area contributed by atoms with Crippen LogP contribution in [0.2, 0.25) is 0 Å². The van der Waals surface area contributed by atoms with E-state index in [1.165, 1.54) is 11.8 Å². The van der Waals surface area contributed by atoms with Gasteiger partial charge in [-0.1, -0.05) is 56.2 Å². The van der Waals surface area contributed by atoms with Gasteiger partial charge in [0, 0.05) is 17.4 Å². The largest absolute Gasteiger partial charge is 0.481 e. The molecule has 0 spiro atoms. The number of rotatable bonds is 21. The molecule has 0 bridgehead atoms. The van der Waals surface area contributed by atoms with Crippen LogP contribution >= 0.6 is 11.8 Å². The van der Waals surface area contributed by atoms with Crippen molar-refractivity contribution in [3.8, 4) is 0 Å². The summed E-state index contributed by atoms with van der Waals surface area (Å²) >= 11 is 1.26. The van der Waals surface area contributed by atoms with Gasteiger partial charge >= 0.3 is 11.9 Å². The van der Waals surface area contributed by atoms with Gasteiger partial charge in [0.25, 0.3) is 0 Å². The number of nitrogens with two attached hydrogens (primary N) is 1. The number of thioether (sulfide) groups is 1. The summed E-state index contributed by atoms with van der Waals surface area (Å²) in [5, 5.41) is 40.0. The molecule has 0 aromatic heterocycles. The lowest BCUT2D eigenvalue weighted by Gasteiger charge is -2.20. The predicted octanol–water partition coefficient (Wildman–Crippen LogP) is 2.62. The Kier molecular flexibility index (Phi) is 19.9. The Balaban J connectivity index is 4.86. The van der Waals surface area contributed by atoms with Crippen molar-refractivity contribution in [2.75, 3.05) is 12.3 Å². The first-order valence-electron chi connectivity index (χ1n) is 12.1. The van der Waals surface area contributed by atoms with Gasteiger partial charge < -0.3 is 31.5 Å². The lowest BCUT2D eigenvalue weighted by atomic mass is 10.1. The highest BCUT2D eigenvalue weighted by Crippen LogP contribution is 2.21. The molecule has 4 atom stereocenters. The summed E-state index contributed by atoms with van der Waals surface area (Å²) < 4.78 is 0. The van der Waals surface area contributed by atoms with E-state index in [4.69, 9.17) is 15.9 Å². The number of carbonyl (C=O) groups excluding carboxylic acids is 1. The molecular formula is C25H42N2O7S. The molecule has 0 aromatic carbocycles. The first-order chi connectivity index (χ1) is 16.7. The molecule has 0 aliphatic rings. The Morgan fingerprint density at radius 2 is 1.57 bits per heavy atom. The molecular weight excluding hydrogens is 472 g/mol. The fourth-order valence-corrected chi connectivity index (χ4v) is 4.04. The van der Waals surface area contributed by atoms with Crippen LogP contribution < -0.4 is 11.1 Å². The topological polar surface area (TPSA) is 170 Å². The summed E-state index contributed by atoms with van der Waals surface area (Å²) in [6.45, 7) is 1.62. The number of unbranched alkanes of at least 4 members (excludes halogenated alkanes) is 4. The summed E-state index contributed by atoms with van der Waals surface area (Å²) in [6, 6.07) is -0.939. The quantitative estimate of drug-likeness (QED) is 0.0995. The van der Waals surface area contributed by atoms with E-state index in [-0.39, 0.29) is 12.2 Å². The molecule has 7 N–H and O–H groups in total. The molecule has 0 saturated carbocycles. The van der Waals surface area contributed by atoms with Crippen molar-refractivity contribution >= 4 is 29.6 Å². The van der Waals surface area contributed by atoms with Crippen LogP contribution in [0.3, 0.4) is 0 Å². The van der Waals surface area contributed by atoms with Crippen LogP contribution in [0.5, 0.6) is 0 Å². The summed E-state index contributed by atoms with van der Waals surface area (Å²) in [6.07, 6.45) is 15.7. The van der Waals surface area contributed by atoms with Crippen LogP contribution in [0.1, 0.15) is 64.7 Å². The zero-order valence-corrected chi connectivity index (χ0v) is 21.4. The Morgan fingerprint density at radius 3 is 2.20 bits per heavy atom. The minimum absolute atomic E-state index is 0.104. The van der Waals surface area contributed by atoms with E-state index in [2.05, 4.69) is 12.2 Å². The van der Waals surface area contributed by atoms with Crippen LogP contribution in [0, 0.1) is 0 Å². The van der Waals surface area contributed by atoms with Gasteiger partial charge in [-0.15, -0.1) is 11.8 Å².